The Bertz CT molecular complexity index is 589. The molecule has 24 heavy (non-hydrogen) atoms. The molecule has 3 aliphatic carbocycles. The van der Waals surface area contributed by atoms with Crippen molar-refractivity contribution in [3.05, 3.63) is 11.6 Å². The van der Waals surface area contributed by atoms with E-state index < -0.39 is 0 Å². The standard InChI is InChI=1S/C21H31NO2/c1-4-10-20(2)15(13-23)5-7-16-17-8-6-14(9-11-22)21(17,3)12-18(24)19(16)20/h9,15-17,19,23H,4-8,10,12-13H2,1-3H3. The second kappa shape index (κ2) is 6.30. The van der Waals surface area contributed by atoms with Gasteiger partial charge >= 0.3 is 0 Å². The number of nitrogens with zero attached hydrogens (tertiary/aromatic N) is 1. The van der Waals surface area contributed by atoms with Crippen LogP contribution >= 0.6 is 0 Å². The molecule has 132 valence electrons. The molecule has 0 aromatic heterocycles. The second-order valence-electron chi connectivity index (χ2n) is 8.86. The number of ketones is 1. The van der Waals surface area contributed by atoms with E-state index in [1.807, 2.05) is 0 Å². The summed E-state index contributed by atoms with van der Waals surface area (Å²) in [5.41, 5.74) is 1.03. The normalized spacial score (nSPS) is 46.5. The van der Waals surface area contributed by atoms with E-state index in [0.717, 1.165) is 38.5 Å². The van der Waals surface area contributed by atoms with E-state index in [9.17, 15) is 9.90 Å². The van der Waals surface area contributed by atoms with Gasteiger partial charge in [0.2, 0.25) is 0 Å². The van der Waals surface area contributed by atoms with Gasteiger partial charge in [-0.05, 0) is 60.7 Å². The van der Waals surface area contributed by atoms with Crippen molar-refractivity contribution in [2.45, 2.75) is 65.7 Å². The lowest BCUT2D eigenvalue weighted by Gasteiger charge is -2.57. The number of carbonyl (C=O) groups excluding carboxylic acids is 1. The molecule has 6 unspecified atom stereocenters. The first-order chi connectivity index (χ1) is 11.4. The summed E-state index contributed by atoms with van der Waals surface area (Å²) in [6.45, 7) is 6.87. The molecule has 0 bridgehead atoms. The Morgan fingerprint density at radius 2 is 2.08 bits per heavy atom. The predicted octanol–water partition coefficient (Wildman–Crippen LogP) is 4.27. The highest BCUT2D eigenvalue weighted by atomic mass is 16.3. The van der Waals surface area contributed by atoms with Crippen molar-refractivity contribution in [1.29, 1.82) is 5.26 Å². The van der Waals surface area contributed by atoms with Crippen LogP contribution in [0.4, 0.5) is 0 Å². The van der Waals surface area contributed by atoms with Gasteiger partial charge in [0.25, 0.3) is 0 Å². The number of fused-ring (bicyclic) bond motifs is 3. The summed E-state index contributed by atoms with van der Waals surface area (Å²) in [4.78, 5) is 13.3. The molecule has 3 heteroatoms. The SMILES string of the molecule is CCCC1(C)C(CO)CCC2C3CCC(=CC#N)C3(C)CC(=O)C21. The third-order valence-corrected chi connectivity index (χ3v) is 7.85. The molecule has 1 N–H and O–H groups in total. The minimum Gasteiger partial charge on any atom is -0.396 e. The van der Waals surface area contributed by atoms with Gasteiger partial charge in [-0.15, -0.1) is 0 Å². The molecular weight excluding hydrogens is 298 g/mol. The summed E-state index contributed by atoms with van der Waals surface area (Å²) in [7, 11) is 0. The third kappa shape index (κ3) is 2.37. The predicted molar refractivity (Wildman–Crippen MR) is 94.0 cm³/mol. The fraction of sp³-hybridized carbons (Fsp3) is 0.810. The number of carbonyl (C=O) groups is 1. The Hall–Kier alpha value is -1.14. The fourth-order valence-electron chi connectivity index (χ4n) is 6.74. The summed E-state index contributed by atoms with van der Waals surface area (Å²) in [6, 6.07) is 2.20. The first-order valence-corrected chi connectivity index (χ1v) is 9.65. The summed E-state index contributed by atoms with van der Waals surface area (Å²) in [6.07, 6.45) is 8.55. The lowest BCUT2D eigenvalue weighted by molar-refractivity contribution is -0.152. The number of aliphatic hydroxyl groups excluding tert-OH is 1. The molecule has 3 aliphatic rings. The van der Waals surface area contributed by atoms with Gasteiger partial charge in [-0.1, -0.05) is 32.8 Å². The molecule has 0 aliphatic heterocycles. The zero-order valence-electron chi connectivity index (χ0n) is 15.3. The van der Waals surface area contributed by atoms with Gasteiger partial charge < -0.3 is 5.11 Å². The Morgan fingerprint density at radius 3 is 2.71 bits per heavy atom. The quantitative estimate of drug-likeness (QED) is 0.787. The number of Topliss-reactive ketones (excluding diaryl/α,β-unsaturated/α-hetero) is 1. The minimum absolute atomic E-state index is 0.0630. The maximum Gasteiger partial charge on any atom is 0.137 e. The number of hydrogen-bond donors (Lipinski definition) is 1. The van der Waals surface area contributed by atoms with Crippen LogP contribution in [0.2, 0.25) is 0 Å². The number of rotatable bonds is 3. The van der Waals surface area contributed by atoms with Crippen LogP contribution in [0.1, 0.15) is 65.7 Å². The van der Waals surface area contributed by atoms with Crippen LogP contribution < -0.4 is 0 Å². The Labute approximate surface area is 146 Å². The van der Waals surface area contributed by atoms with Crippen molar-refractivity contribution in [3.8, 4) is 6.07 Å². The topological polar surface area (TPSA) is 61.1 Å². The molecule has 3 saturated carbocycles. The zero-order valence-corrected chi connectivity index (χ0v) is 15.3. The van der Waals surface area contributed by atoms with Gasteiger partial charge in [-0.25, -0.2) is 0 Å². The highest BCUT2D eigenvalue weighted by Gasteiger charge is 2.61. The maximum atomic E-state index is 13.3. The lowest BCUT2D eigenvalue weighted by atomic mass is 9.46. The van der Waals surface area contributed by atoms with Crippen LogP contribution in [-0.2, 0) is 4.79 Å². The monoisotopic (exact) mass is 329 g/mol. The van der Waals surface area contributed by atoms with Crippen molar-refractivity contribution >= 4 is 5.78 Å². The van der Waals surface area contributed by atoms with Gasteiger partial charge in [0.15, 0.2) is 0 Å². The maximum absolute atomic E-state index is 13.3. The first kappa shape index (κ1) is 17.7. The van der Waals surface area contributed by atoms with Crippen molar-refractivity contribution < 1.29 is 9.90 Å². The van der Waals surface area contributed by atoms with Crippen molar-refractivity contribution in [2.75, 3.05) is 6.61 Å². The van der Waals surface area contributed by atoms with E-state index >= 15 is 0 Å². The Kier molecular flexibility index (Phi) is 4.64. The van der Waals surface area contributed by atoms with Gasteiger partial charge in [0, 0.05) is 25.0 Å². The highest BCUT2D eigenvalue weighted by Crippen LogP contribution is 2.64. The molecule has 0 amide bonds. The van der Waals surface area contributed by atoms with Crippen molar-refractivity contribution in [3.63, 3.8) is 0 Å². The Balaban J connectivity index is 2.00. The van der Waals surface area contributed by atoms with E-state index in [2.05, 4.69) is 26.8 Å². The van der Waals surface area contributed by atoms with E-state index in [1.165, 1.54) is 5.57 Å². The smallest absolute Gasteiger partial charge is 0.137 e. The van der Waals surface area contributed by atoms with Gasteiger partial charge in [-0.3, -0.25) is 4.79 Å². The molecule has 0 spiro atoms. The molecular formula is C21H31NO2. The average molecular weight is 329 g/mol. The van der Waals surface area contributed by atoms with Crippen LogP contribution in [0.15, 0.2) is 11.6 Å². The number of nitriles is 1. The molecule has 0 aromatic rings. The molecule has 3 nitrogen and oxygen atoms in total. The largest absolute Gasteiger partial charge is 0.396 e. The highest BCUT2D eigenvalue weighted by molar-refractivity contribution is 5.85. The van der Waals surface area contributed by atoms with Crippen LogP contribution in [-0.4, -0.2) is 17.5 Å². The van der Waals surface area contributed by atoms with Gasteiger partial charge in [0.05, 0.1) is 6.07 Å². The molecule has 6 atom stereocenters. The van der Waals surface area contributed by atoms with Crippen LogP contribution in [0.25, 0.3) is 0 Å². The molecule has 0 radical (unpaired) electrons. The summed E-state index contributed by atoms with van der Waals surface area (Å²) in [5.74, 6) is 1.69. The van der Waals surface area contributed by atoms with Crippen molar-refractivity contribution in [2.24, 2.45) is 34.5 Å². The summed E-state index contributed by atoms with van der Waals surface area (Å²) in [5, 5.41) is 19.0. The number of allylic oxidation sites excluding steroid dienone is 2. The van der Waals surface area contributed by atoms with E-state index in [0.29, 0.717) is 24.0 Å². The zero-order chi connectivity index (χ0) is 17.5. The van der Waals surface area contributed by atoms with Crippen molar-refractivity contribution in [1.82, 2.24) is 0 Å². The van der Waals surface area contributed by atoms with Crippen LogP contribution in [0.3, 0.4) is 0 Å². The summed E-state index contributed by atoms with van der Waals surface area (Å²) >= 11 is 0. The van der Waals surface area contributed by atoms with E-state index in [1.54, 1.807) is 6.08 Å². The molecule has 3 fully saturated rings. The number of aliphatic hydroxyl groups is 1. The molecule has 0 heterocycles. The molecule has 0 saturated heterocycles. The van der Waals surface area contributed by atoms with Crippen LogP contribution in [0, 0.1) is 45.8 Å². The van der Waals surface area contributed by atoms with E-state index in [4.69, 9.17) is 5.26 Å². The fourth-order valence-corrected chi connectivity index (χ4v) is 6.74. The summed E-state index contributed by atoms with van der Waals surface area (Å²) < 4.78 is 0. The third-order valence-electron chi connectivity index (χ3n) is 7.85. The first-order valence-electron chi connectivity index (χ1n) is 9.65. The lowest BCUT2D eigenvalue weighted by Crippen LogP contribution is -2.56. The molecule has 3 rings (SSSR count). The van der Waals surface area contributed by atoms with Gasteiger partial charge in [-0.2, -0.15) is 5.26 Å². The Morgan fingerprint density at radius 1 is 1.33 bits per heavy atom. The van der Waals surface area contributed by atoms with Gasteiger partial charge in [0.1, 0.15) is 5.78 Å². The minimum atomic E-state index is -0.104. The molecule has 0 aromatic carbocycles. The van der Waals surface area contributed by atoms with Crippen LogP contribution in [0.5, 0.6) is 0 Å². The second-order valence-corrected chi connectivity index (χ2v) is 8.86. The average Bonchev–Trinajstić information content (AvgIpc) is 2.84. The van der Waals surface area contributed by atoms with E-state index in [-0.39, 0.29) is 29.3 Å². The number of hydrogen-bond acceptors (Lipinski definition) is 3.